The normalized spacial score (nSPS) is 18.3. The lowest BCUT2D eigenvalue weighted by Crippen LogP contribution is -2.68. The van der Waals surface area contributed by atoms with Crippen molar-refractivity contribution >= 4 is 62.9 Å². The van der Waals surface area contributed by atoms with Crippen LogP contribution in [-0.4, -0.2) is 133 Å². The summed E-state index contributed by atoms with van der Waals surface area (Å²) in [4.78, 5) is 112. The van der Waals surface area contributed by atoms with E-state index in [9.17, 15) is 38.7 Å². The summed E-state index contributed by atoms with van der Waals surface area (Å²) in [5.41, 5.74) is 3.06. The van der Waals surface area contributed by atoms with Crippen molar-refractivity contribution in [3.05, 3.63) is 144 Å². The van der Waals surface area contributed by atoms with Crippen molar-refractivity contribution < 1.29 is 113 Å². The number of nitrogens with one attached hydrogen (secondary N) is 2. The van der Waals surface area contributed by atoms with Gasteiger partial charge in [0.1, 0.15) is 37.5 Å². The summed E-state index contributed by atoms with van der Waals surface area (Å²) in [5.74, 6) is -8.20. The minimum atomic E-state index is -5.12. The molecule has 3 N–H and O–H groups in total. The largest absolute Gasteiger partial charge is 0.463 e. The van der Waals surface area contributed by atoms with E-state index in [1.54, 1.807) is 121 Å². The maximum Gasteiger partial charge on any atom is 0.347 e. The summed E-state index contributed by atoms with van der Waals surface area (Å²) in [6.45, 7) is 5.84. The number of ether oxygens (including phenoxy) is 8. The topological polar surface area (TPSA) is 335 Å². The van der Waals surface area contributed by atoms with Crippen molar-refractivity contribution in [2.24, 2.45) is 5.41 Å². The molecule has 88 heavy (non-hydrogen) atoms. The first-order valence-corrected chi connectivity index (χ1v) is 31.0. The molecule has 0 aromatic heterocycles. The third-order valence-electron chi connectivity index (χ3n) is 12.7. The molecule has 26 nitrogen and oxygen atoms in total. The van der Waals surface area contributed by atoms with Crippen LogP contribution in [0.2, 0.25) is 0 Å². The number of amides is 1. The number of aliphatic hydroxyl groups is 1. The molecular weight excluding hydrogens is 1190 g/mol. The zero-order chi connectivity index (χ0) is 64.6. The zero-order valence-corrected chi connectivity index (χ0v) is 52.0. The van der Waals surface area contributed by atoms with Gasteiger partial charge in [0.15, 0.2) is 36.1 Å². The number of rotatable bonds is 33. The lowest BCUT2D eigenvalue weighted by molar-refractivity contribution is -0.305. The fourth-order valence-corrected chi connectivity index (χ4v) is 13.7. The minimum absolute atomic E-state index is 0.447. The number of carbonyl (C=O) groups excluding carboxylic acids is 8. The first-order valence-electron chi connectivity index (χ1n) is 27.8. The molecule has 28 heteroatoms. The predicted octanol–water partition coefficient (Wildman–Crippen LogP) is 6.86. The molecule has 1 amide bonds. The van der Waals surface area contributed by atoms with Crippen LogP contribution in [0.4, 0.5) is 0 Å². The number of hydroxylamine groups is 1. The van der Waals surface area contributed by atoms with Crippen molar-refractivity contribution in [2.45, 2.75) is 156 Å². The number of hydrogen-bond acceptors (Lipinski definition) is 25. The van der Waals surface area contributed by atoms with Crippen LogP contribution in [0.15, 0.2) is 121 Å². The van der Waals surface area contributed by atoms with Crippen LogP contribution in [0.3, 0.4) is 0 Å². The van der Waals surface area contributed by atoms with Crippen molar-refractivity contribution in [3.63, 3.8) is 0 Å². The molecule has 1 heterocycles. The highest BCUT2D eigenvalue weighted by atomic mass is 31.2. The molecule has 0 radical (unpaired) electrons. The molecule has 1 aliphatic heterocycles. The third kappa shape index (κ3) is 23.1. The van der Waals surface area contributed by atoms with Gasteiger partial charge in [-0.2, -0.15) is 0 Å². The molecule has 0 aliphatic carbocycles. The van der Waals surface area contributed by atoms with Crippen LogP contribution < -0.4 is 10.8 Å². The molecule has 4 aromatic carbocycles. The van der Waals surface area contributed by atoms with Crippen LogP contribution in [0, 0.1) is 5.41 Å². The summed E-state index contributed by atoms with van der Waals surface area (Å²) in [6.07, 6.45) is -14.9. The molecule has 0 bridgehead atoms. The van der Waals surface area contributed by atoms with Gasteiger partial charge in [-0.05, 0) is 43.0 Å². The van der Waals surface area contributed by atoms with E-state index in [0.717, 1.165) is 41.5 Å². The van der Waals surface area contributed by atoms with Gasteiger partial charge in [0.05, 0.1) is 44.9 Å². The molecule has 1 saturated heterocycles. The van der Waals surface area contributed by atoms with Gasteiger partial charge in [0, 0.05) is 41.5 Å². The van der Waals surface area contributed by atoms with Crippen LogP contribution >= 0.6 is 15.2 Å². The lowest BCUT2D eigenvalue weighted by Gasteiger charge is -2.47. The molecule has 0 spiro atoms. The number of hydrogen-bond donors (Lipinski definition) is 3. The Morgan fingerprint density at radius 2 is 0.977 bits per heavy atom. The summed E-state index contributed by atoms with van der Waals surface area (Å²) < 4.78 is 104. The molecule has 0 saturated carbocycles. The first-order chi connectivity index (χ1) is 41.7. The maximum atomic E-state index is 16.2. The monoisotopic (exact) mass is 1270 g/mol. The van der Waals surface area contributed by atoms with Crippen LogP contribution in [0.25, 0.3) is 0 Å². The van der Waals surface area contributed by atoms with Crippen molar-refractivity contribution in [3.8, 4) is 0 Å². The Hall–Kier alpha value is -7.22. The SMILES string of the molecule is CC(=O)OCC(OC(C)=O)[C@H](O[C@@H]1OC(COC(C)=O)[C@H](OC(C)=O)[C@H](OC(C)=O)C1NC(=O)CC(P(=O)(OCc1ccccc1)OCc1ccccc1)P(=O)(OCc1ccccc1)OCc1ccccc1)[C@H](OC(C)=O)C(CO)NOC(=O)C(C)(C)C. The average molecular weight is 1270 g/mol. The number of carbonyl (C=O) groups is 8. The average Bonchev–Trinajstić information content (AvgIpc) is 0.864. The molecule has 4 aromatic rings. The van der Waals surface area contributed by atoms with E-state index in [1.807, 2.05) is 0 Å². The molecule has 9 atom stereocenters. The Morgan fingerprint density at radius 1 is 0.557 bits per heavy atom. The van der Waals surface area contributed by atoms with E-state index in [1.165, 1.54) is 20.8 Å². The Balaban J connectivity index is 1.78. The molecule has 4 unspecified atom stereocenters. The Bertz CT molecular complexity index is 2830. The van der Waals surface area contributed by atoms with Crippen LogP contribution in [0.1, 0.15) is 91.0 Å². The fraction of sp³-hybridized carbons (Fsp3) is 0.467. The van der Waals surface area contributed by atoms with Crippen LogP contribution in [0.5, 0.6) is 0 Å². The minimum Gasteiger partial charge on any atom is -0.463 e. The second kappa shape index (κ2) is 34.5. The summed E-state index contributed by atoms with van der Waals surface area (Å²) >= 11 is 0. The molecule has 1 fully saturated rings. The van der Waals surface area contributed by atoms with E-state index < -0.39 is 181 Å². The van der Waals surface area contributed by atoms with Gasteiger partial charge < -0.3 is 71.3 Å². The molecular formula is C60H76N2O24P2. The van der Waals surface area contributed by atoms with E-state index in [-0.39, 0.29) is 0 Å². The highest BCUT2D eigenvalue weighted by molar-refractivity contribution is 7.72. The van der Waals surface area contributed by atoms with E-state index >= 15 is 13.9 Å². The van der Waals surface area contributed by atoms with Gasteiger partial charge in [-0.25, -0.2) is 4.79 Å². The van der Waals surface area contributed by atoms with Gasteiger partial charge in [-0.1, -0.05) is 121 Å². The molecule has 5 rings (SSSR count). The summed E-state index contributed by atoms with van der Waals surface area (Å²) in [6, 6.07) is 29.9. The van der Waals surface area contributed by atoms with E-state index in [4.69, 9.17) is 60.8 Å². The van der Waals surface area contributed by atoms with Gasteiger partial charge in [-0.15, -0.1) is 5.48 Å². The van der Waals surface area contributed by atoms with E-state index in [0.29, 0.717) is 22.3 Å². The maximum absolute atomic E-state index is 16.2. The lowest BCUT2D eigenvalue weighted by atomic mass is 9.95. The Morgan fingerprint density at radius 3 is 1.35 bits per heavy atom. The number of aliphatic hydroxyl groups excluding tert-OH is 1. The quantitative estimate of drug-likeness (QED) is 0.0190. The van der Waals surface area contributed by atoms with Crippen molar-refractivity contribution in [1.29, 1.82) is 0 Å². The third-order valence-corrected chi connectivity index (χ3v) is 18.2. The number of benzene rings is 4. The summed E-state index contributed by atoms with van der Waals surface area (Å²) in [5, 5.41) is 11.4. The zero-order valence-electron chi connectivity index (χ0n) is 50.2. The Kier molecular flexibility index (Phi) is 28.1. The smallest absolute Gasteiger partial charge is 0.347 e. The molecule has 480 valence electrons. The van der Waals surface area contributed by atoms with Gasteiger partial charge in [-0.3, -0.25) is 42.7 Å². The highest BCUT2D eigenvalue weighted by Crippen LogP contribution is 2.72. The van der Waals surface area contributed by atoms with E-state index in [2.05, 4.69) is 10.8 Å². The fourth-order valence-electron chi connectivity index (χ4n) is 8.55. The second-order valence-corrected chi connectivity index (χ2v) is 25.9. The van der Waals surface area contributed by atoms with Gasteiger partial charge >= 0.3 is 57.0 Å². The second-order valence-electron chi connectivity index (χ2n) is 21.1. The predicted molar refractivity (Wildman–Crippen MR) is 309 cm³/mol. The Labute approximate surface area is 509 Å². The van der Waals surface area contributed by atoms with Gasteiger partial charge in [0.25, 0.3) is 0 Å². The standard InChI is InChI=1S/C60H76N2O24P2/c1-38(64)74-36-49(80-40(3)66)55(54(81-41(4)67)48(31-63)62-86-59(71)60(7,8)9)85-58-53(57(83-43(6)69)56(82-42(5)68)50(84-58)37-75-39(2)65)61-51(70)30-52(87(72,76-32-44-22-14-10-15-23-44)77-33-45-24-16-11-17-25-45)88(73,78-34-46-26-18-12-19-27-46)79-35-47-28-20-13-21-29-47/h10-29,48-50,52-58,62-63H,30-37H2,1-9H3,(H,61,70)/t48?,49?,50?,53?,54-,55+,56+,57-,58+/m1/s1. The van der Waals surface area contributed by atoms with Crippen molar-refractivity contribution in [2.75, 3.05) is 19.8 Å². The summed E-state index contributed by atoms with van der Waals surface area (Å²) in [7, 11) is -10.2. The number of esters is 6. The molecule has 1 aliphatic rings. The highest BCUT2D eigenvalue weighted by Gasteiger charge is 2.57. The van der Waals surface area contributed by atoms with Crippen molar-refractivity contribution in [1.82, 2.24) is 10.8 Å². The van der Waals surface area contributed by atoms with Gasteiger partial charge in [0.2, 0.25) is 5.91 Å². The van der Waals surface area contributed by atoms with Crippen LogP contribution in [-0.2, 0) is 135 Å². The first kappa shape index (κ1) is 71.5.